The van der Waals surface area contributed by atoms with Crippen LogP contribution in [-0.2, 0) is 9.53 Å². The number of alkyl carbamates (subject to hydrolysis) is 1. The molecule has 0 atom stereocenters. The number of hydrogen-bond donors (Lipinski definition) is 3. The highest BCUT2D eigenvalue weighted by molar-refractivity contribution is 7.80. The van der Waals surface area contributed by atoms with E-state index in [0.29, 0.717) is 0 Å². The van der Waals surface area contributed by atoms with Gasteiger partial charge in [-0.25, -0.2) is 4.79 Å². The van der Waals surface area contributed by atoms with E-state index >= 15 is 0 Å². The summed E-state index contributed by atoms with van der Waals surface area (Å²) in [5, 5.41) is 18.1. The Labute approximate surface area is 131 Å². The maximum Gasteiger partial charge on any atom is 0.413 e. The van der Waals surface area contributed by atoms with Crippen molar-refractivity contribution in [1.82, 2.24) is 5.32 Å². The Morgan fingerprint density at radius 3 is 2.59 bits per heavy atom. The van der Waals surface area contributed by atoms with E-state index in [1.54, 1.807) is 6.92 Å². The minimum Gasteiger partial charge on any atom is -0.450 e. The molecule has 0 aliphatic heterocycles. The fraction of sp³-hybridized carbons (Fsp3) is 0.250. The Hall–Kier alpha value is -2.75. The molecule has 3 N–H and O–H groups in total. The van der Waals surface area contributed by atoms with Gasteiger partial charge in [-0.05, 0) is 31.3 Å². The SMILES string of the molecule is CCOC(=O)NC(=S)Nc1ccc(NC(C)=O)cc1[N+](=O)[O-]. The second-order valence-corrected chi connectivity index (χ2v) is 4.38. The van der Waals surface area contributed by atoms with E-state index in [2.05, 4.69) is 20.7 Å². The smallest absolute Gasteiger partial charge is 0.413 e. The Bertz CT molecular complexity index is 620. The topological polar surface area (TPSA) is 123 Å². The number of carbonyl (C=O) groups excluding carboxylic acids is 2. The number of amides is 2. The van der Waals surface area contributed by atoms with Crippen molar-refractivity contribution in [1.29, 1.82) is 0 Å². The Morgan fingerprint density at radius 2 is 2.05 bits per heavy atom. The van der Waals surface area contributed by atoms with Crippen LogP contribution in [-0.4, -0.2) is 28.6 Å². The number of carbonyl (C=O) groups is 2. The van der Waals surface area contributed by atoms with Crippen LogP contribution in [0.1, 0.15) is 13.8 Å². The summed E-state index contributed by atoms with van der Waals surface area (Å²) < 4.78 is 4.63. The predicted octanol–water partition coefficient (Wildman–Crippen LogP) is 2.00. The fourth-order valence-corrected chi connectivity index (χ4v) is 1.68. The molecule has 9 nitrogen and oxygen atoms in total. The number of thiocarbonyl (C=S) groups is 1. The molecular formula is C12H14N4O5S. The molecule has 0 aromatic heterocycles. The molecule has 1 rings (SSSR count). The normalized spacial score (nSPS) is 9.55. The van der Waals surface area contributed by atoms with Crippen LogP contribution in [0.15, 0.2) is 18.2 Å². The molecule has 0 radical (unpaired) electrons. The van der Waals surface area contributed by atoms with E-state index in [4.69, 9.17) is 12.2 Å². The minimum atomic E-state index is -0.766. The van der Waals surface area contributed by atoms with Gasteiger partial charge in [0.05, 0.1) is 11.5 Å². The Morgan fingerprint density at radius 1 is 1.36 bits per heavy atom. The van der Waals surface area contributed by atoms with E-state index in [0.717, 1.165) is 0 Å². The number of nitro benzene ring substituents is 1. The molecule has 0 aliphatic carbocycles. The molecule has 0 aliphatic rings. The lowest BCUT2D eigenvalue weighted by atomic mass is 10.2. The minimum absolute atomic E-state index is 0.0703. The summed E-state index contributed by atoms with van der Waals surface area (Å²) in [7, 11) is 0. The lowest BCUT2D eigenvalue weighted by Crippen LogP contribution is -2.34. The number of nitrogens with zero attached hydrogens (tertiary/aromatic N) is 1. The maximum absolute atomic E-state index is 11.2. The van der Waals surface area contributed by atoms with Crippen LogP contribution in [0.25, 0.3) is 0 Å². The zero-order valence-corrected chi connectivity index (χ0v) is 12.7. The molecule has 10 heteroatoms. The Balaban J connectivity index is 2.89. The molecule has 0 spiro atoms. The summed E-state index contributed by atoms with van der Waals surface area (Å²) >= 11 is 4.86. The summed E-state index contributed by atoms with van der Waals surface area (Å²) in [6, 6.07) is 4.00. The Kier molecular flexibility index (Phi) is 6.20. The molecule has 0 heterocycles. The summed E-state index contributed by atoms with van der Waals surface area (Å²) in [5.74, 6) is -0.352. The van der Waals surface area contributed by atoms with Gasteiger partial charge in [0, 0.05) is 18.7 Å². The lowest BCUT2D eigenvalue weighted by Gasteiger charge is -2.10. The number of nitro groups is 1. The van der Waals surface area contributed by atoms with E-state index in [1.807, 2.05) is 0 Å². The first-order valence-electron chi connectivity index (χ1n) is 6.14. The van der Waals surface area contributed by atoms with Crippen LogP contribution in [0.5, 0.6) is 0 Å². The lowest BCUT2D eigenvalue weighted by molar-refractivity contribution is -0.383. The van der Waals surface area contributed by atoms with Crippen molar-refractivity contribution in [3.63, 3.8) is 0 Å². The largest absolute Gasteiger partial charge is 0.450 e. The summed E-state index contributed by atoms with van der Waals surface area (Å²) in [5.41, 5.74) is 0.0363. The van der Waals surface area contributed by atoms with E-state index in [9.17, 15) is 19.7 Å². The van der Waals surface area contributed by atoms with Gasteiger partial charge in [-0.3, -0.25) is 20.2 Å². The predicted molar refractivity (Wildman–Crippen MR) is 83.8 cm³/mol. The summed E-state index contributed by atoms with van der Waals surface area (Å²) in [4.78, 5) is 32.6. The second kappa shape index (κ2) is 7.88. The van der Waals surface area contributed by atoms with Gasteiger partial charge >= 0.3 is 6.09 Å². The zero-order valence-electron chi connectivity index (χ0n) is 11.8. The van der Waals surface area contributed by atoms with E-state index < -0.39 is 11.0 Å². The van der Waals surface area contributed by atoms with Gasteiger partial charge in [0.15, 0.2) is 5.11 Å². The number of rotatable bonds is 4. The van der Waals surface area contributed by atoms with Gasteiger partial charge in [0.1, 0.15) is 5.69 Å². The molecule has 22 heavy (non-hydrogen) atoms. The molecule has 2 amide bonds. The number of nitrogens with one attached hydrogen (secondary N) is 3. The molecule has 1 aromatic rings. The van der Waals surface area contributed by atoms with Crippen molar-refractivity contribution in [3.05, 3.63) is 28.3 Å². The van der Waals surface area contributed by atoms with Crippen molar-refractivity contribution in [2.45, 2.75) is 13.8 Å². The molecule has 0 saturated heterocycles. The third-order valence-corrected chi connectivity index (χ3v) is 2.46. The van der Waals surface area contributed by atoms with Crippen LogP contribution in [0.4, 0.5) is 21.9 Å². The highest BCUT2D eigenvalue weighted by Crippen LogP contribution is 2.27. The molecule has 0 saturated carbocycles. The molecule has 118 valence electrons. The van der Waals surface area contributed by atoms with Crippen molar-refractivity contribution in [3.8, 4) is 0 Å². The van der Waals surface area contributed by atoms with Crippen molar-refractivity contribution < 1.29 is 19.2 Å². The number of anilines is 2. The fourth-order valence-electron chi connectivity index (χ4n) is 1.48. The summed E-state index contributed by atoms with van der Waals surface area (Å²) in [6.45, 7) is 3.08. The highest BCUT2D eigenvalue weighted by atomic mass is 32.1. The van der Waals surface area contributed by atoms with Gasteiger partial charge in [-0.1, -0.05) is 0 Å². The van der Waals surface area contributed by atoms with Gasteiger partial charge in [-0.15, -0.1) is 0 Å². The number of hydrogen-bond acceptors (Lipinski definition) is 6. The van der Waals surface area contributed by atoms with E-state index in [-0.39, 0.29) is 34.7 Å². The zero-order chi connectivity index (χ0) is 16.7. The first kappa shape index (κ1) is 17.3. The highest BCUT2D eigenvalue weighted by Gasteiger charge is 2.17. The standard InChI is InChI=1S/C12H14N4O5S/c1-3-21-12(18)15-11(22)14-9-5-4-8(13-7(2)17)6-10(9)16(19)20/h4-6H,3H2,1-2H3,(H,13,17)(H2,14,15,18,22). The quantitative estimate of drug-likeness (QED) is 0.439. The van der Waals surface area contributed by atoms with Crippen LogP contribution in [0.2, 0.25) is 0 Å². The van der Waals surface area contributed by atoms with E-state index in [1.165, 1.54) is 25.1 Å². The van der Waals surface area contributed by atoms with Gasteiger partial charge < -0.3 is 15.4 Å². The second-order valence-electron chi connectivity index (χ2n) is 3.97. The van der Waals surface area contributed by atoms with Crippen molar-refractivity contribution in [2.75, 3.05) is 17.2 Å². The van der Waals surface area contributed by atoms with Crippen LogP contribution >= 0.6 is 12.2 Å². The average molecular weight is 326 g/mol. The maximum atomic E-state index is 11.2. The molecular weight excluding hydrogens is 312 g/mol. The summed E-state index contributed by atoms with van der Waals surface area (Å²) in [6.07, 6.45) is -0.766. The van der Waals surface area contributed by atoms with Gasteiger partial charge in [0.2, 0.25) is 5.91 Å². The van der Waals surface area contributed by atoms with Crippen molar-refractivity contribution in [2.24, 2.45) is 0 Å². The first-order valence-corrected chi connectivity index (χ1v) is 6.55. The van der Waals surface area contributed by atoms with Crippen molar-refractivity contribution >= 4 is 46.4 Å². The average Bonchev–Trinajstić information content (AvgIpc) is 2.39. The monoisotopic (exact) mass is 326 g/mol. The van der Waals surface area contributed by atoms with Gasteiger partial charge in [-0.2, -0.15) is 0 Å². The van der Waals surface area contributed by atoms with Crippen LogP contribution in [0.3, 0.4) is 0 Å². The van der Waals surface area contributed by atoms with Crippen LogP contribution < -0.4 is 16.0 Å². The third kappa shape index (κ3) is 5.32. The third-order valence-electron chi connectivity index (χ3n) is 2.25. The van der Waals surface area contributed by atoms with Gasteiger partial charge in [0.25, 0.3) is 5.69 Å². The van der Waals surface area contributed by atoms with Crippen LogP contribution in [0, 0.1) is 10.1 Å². The first-order chi connectivity index (χ1) is 10.3. The molecule has 0 fully saturated rings. The number of ether oxygens (including phenoxy) is 1. The molecule has 1 aromatic carbocycles. The molecule has 0 bridgehead atoms. The molecule has 0 unspecified atom stereocenters. The number of benzene rings is 1.